The van der Waals surface area contributed by atoms with Crippen LogP contribution < -0.4 is 0 Å². The van der Waals surface area contributed by atoms with E-state index in [9.17, 15) is 9.50 Å². The van der Waals surface area contributed by atoms with Crippen molar-refractivity contribution in [2.45, 2.75) is 19.1 Å². The number of hydrogen-bond acceptors (Lipinski definition) is 4. The van der Waals surface area contributed by atoms with Crippen molar-refractivity contribution in [3.8, 4) is 11.4 Å². The molecule has 0 saturated heterocycles. The highest BCUT2D eigenvalue weighted by atomic mass is 19.1. The van der Waals surface area contributed by atoms with E-state index < -0.39 is 6.10 Å². The van der Waals surface area contributed by atoms with Gasteiger partial charge < -0.3 is 9.51 Å². The quantitative estimate of drug-likeness (QED) is 0.607. The molecule has 0 aliphatic heterocycles. The van der Waals surface area contributed by atoms with Crippen LogP contribution in [-0.4, -0.2) is 35.6 Å². The number of pyridine rings is 1. The largest absolute Gasteiger partial charge is 0.391 e. The normalized spacial score (nSPS) is 12.6. The lowest BCUT2D eigenvalue weighted by atomic mass is 10.1. The van der Waals surface area contributed by atoms with Crippen molar-refractivity contribution < 1.29 is 9.50 Å². The van der Waals surface area contributed by atoms with Crippen molar-refractivity contribution in [1.82, 2.24) is 24.4 Å². The van der Waals surface area contributed by atoms with Gasteiger partial charge in [-0.1, -0.05) is 23.4 Å². The Kier molecular flexibility index (Phi) is 3.99. The summed E-state index contributed by atoms with van der Waals surface area (Å²) in [5.41, 5.74) is 2.94. The number of hydrogen-bond donors (Lipinski definition) is 1. The zero-order valence-corrected chi connectivity index (χ0v) is 13.3. The van der Waals surface area contributed by atoms with Crippen molar-refractivity contribution in [2.75, 3.05) is 0 Å². The fourth-order valence-corrected chi connectivity index (χ4v) is 2.78. The van der Waals surface area contributed by atoms with Gasteiger partial charge in [-0.15, -0.1) is 5.10 Å². The van der Waals surface area contributed by atoms with Crippen molar-refractivity contribution >= 4 is 5.65 Å². The molecular weight excluding hydrogens is 321 g/mol. The van der Waals surface area contributed by atoms with Crippen LogP contribution in [0.2, 0.25) is 0 Å². The predicted octanol–water partition coefficient (Wildman–Crippen LogP) is 2.34. The van der Waals surface area contributed by atoms with E-state index in [0.717, 1.165) is 16.9 Å². The highest BCUT2D eigenvalue weighted by Gasteiger charge is 2.12. The second-order valence-corrected chi connectivity index (χ2v) is 5.91. The molecule has 4 aromatic rings. The number of aliphatic hydroxyl groups excluding tert-OH is 1. The topological polar surface area (TPSA) is 68.2 Å². The molecular formula is C18H16FN5O. The Morgan fingerprint density at radius 2 is 2.00 bits per heavy atom. The minimum absolute atomic E-state index is 0.275. The third-order valence-corrected chi connectivity index (χ3v) is 3.92. The Morgan fingerprint density at radius 3 is 2.84 bits per heavy atom. The average molecular weight is 337 g/mol. The second kappa shape index (κ2) is 6.45. The lowest BCUT2D eigenvalue weighted by molar-refractivity contribution is 0.148. The number of halogens is 1. The molecule has 7 heteroatoms. The summed E-state index contributed by atoms with van der Waals surface area (Å²) in [6.45, 7) is 0.275. The molecule has 3 aromatic heterocycles. The zero-order valence-electron chi connectivity index (χ0n) is 13.3. The fourth-order valence-electron chi connectivity index (χ4n) is 2.78. The van der Waals surface area contributed by atoms with Gasteiger partial charge in [0.1, 0.15) is 22.9 Å². The summed E-state index contributed by atoms with van der Waals surface area (Å²) in [7, 11) is 0. The molecule has 0 aliphatic rings. The maximum atomic E-state index is 13.2. The molecule has 0 spiro atoms. The molecule has 1 atom stereocenters. The minimum atomic E-state index is -0.683. The van der Waals surface area contributed by atoms with Gasteiger partial charge in [-0.05, 0) is 29.8 Å². The lowest BCUT2D eigenvalue weighted by Crippen LogP contribution is -2.19. The summed E-state index contributed by atoms with van der Waals surface area (Å²) >= 11 is 0. The van der Waals surface area contributed by atoms with Crippen LogP contribution in [0.1, 0.15) is 5.56 Å². The van der Waals surface area contributed by atoms with E-state index in [1.807, 2.05) is 35.0 Å². The molecule has 0 aliphatic carbocycles. The van der Waals surface area contributed by atoms with Crippen LogP contribution in [0, 0.1) is 5.82 Å². The molecule has 0 radical (unpaired) electrons. The maximum Gasteiger partial charge on any atom is 0.137 e. The van der Waals surface area contributed by atoms with Gasteiger partial charge in [0, 0.05) is 18.8 Å². The first-order valence-corrected chi connectivity index (χ1v) is 7.94. The standard InChI is InChI=1S/C18H16FN5O/c19-14-5-3-4-13(8-14)9-15(25)10-24-12-17(21-22-24)16-11-23-7-2-1-6-18(23)20-16/h1-8,11-12,15,25H,9-10H2. The van der Waals surface area contributed by atoms with E-state index in [1.165, 1.54) is 12.1 Å². The van der Waals surface area contributed by atoms with Crippen LogP contribution in [-0.2, 0) is 13.0 Å². The van der Waals surface area contributed by atoms with Crippen LogP contribution in [0.15, 0.2) is 61.1 Å². The number of benzene rings is 1. The summed E-state index contributed by atoms with van der Waals surface area (Å²) in [4.78, 5) is 4.50. The fraction of sp³-hybridized carbons (Fsp3) is 0.167. The number of fused-ring (bicyclic) bond motifs is 1. The summed E-state index contributed by atoms with van der Waals surface area (Å²) in [6, 6.07) is 12.0. The van der Waals surface area contributed by atoms with Crippen LogP contribution in [0.5, 0.6) is 0 Å². The molecule has 0 amide bonds. The molecule has 1 N–H and O–H groups in total. The Morgan fingerprint density at radius 1 is 1.08 bits per heavy atom. The van der Waals surface area contributed by atoms with E-state index >= 15 is 0 Å². The second-order valence-electron chi connectivity index (χ2n) is 5.91. The van der Waals surface area contributed by atoms with E-state index in [0.29, 0.717) is 12.1 Å². The third-order valence-electron chi connectivity index (χ3n) is 3.92. The molecule has 1 aromatic carbocycles. The molecule has 3 heterocycles. The van der Waals surface area contributed by atoms with Gasteiger partial charge in [0.2, 0.25) is 0 Å². The number of imidazole rings is 1. The first kappa shape index (κ1) is 15.5. The molecule has 0 bridgehead atoms. The molecule has 0 fully saturated rings. The number of aliphatic hydroxyl groups is 1. The van der Waals surface area contributed by atoms with Gasteiger partial charge in [-0.2, -0.15) is 0 Å². The van der Waals surface area contributed by atoms with Gasteiger partial charge >= 0.3 is 0 Å². The minimum Gasteiger partial charge on any atom is -0.391 e. The third kappa shape index (κ3) is 3.41. The van der Waals surface area contributed by atoms with Crippen LogP contribution in [0.25, 0.3) is 17.0 Å². The monoisotopic (exact) mass is 337 g/mol. The summed E-state index contributed by atoms with van der Waals surface area (Å²) in [5, 5.41) is 18.4. The Bertz CT molecular complexity index is 976. The van der Waals surface area contributed by atoms with Crippen molar-refractivity contribution in [1.29, 1.82) is 0 Å². The molecule has 0 saturated carbocycles. The first-order valence-electron chi connectivity index (χ1n) is 7.94. The average Bonchev–Trinajstić information content (AvgIpc) is 3.20. The van der Waals surface area contributed by atoms with Crippen LogP contribution in [0.4, 0.5) is 4.39 Å². The highest BCUT2D eigenvalue weighted by Crippen LogP contribution is 2.16. The van der Waals surface area contributed by atoms with Gasteiger partial charge in [0.15, 0.2) is 0 Å². The van der Waals surface area contributed by atoms with E-state index in [4.69, 9.17) is 0 Å². The van der Waals surface area contributed by atoms with Crippen LogP contribution >= 0.6 is 0 Å². The zero-order chi connectivity index (χ0) is 17.2. The SMILES string of the molecule is OC(Cc1cccc(F)c1)Cn1cc(-c2cn3ccccc3n2)nn1. The molecule has 6 nitrogen and oxygen atoms in total. The Labute approximate surface area is 143 Å². The van der Waals surface area contributed by atoms with Crippen molar-refractivity contribution in [3.05, 3.63) is 72.4 Å². The maximum absolute atomic E-state index is 13.2. The summed E-state index contributed by atoms with van der Waals surface area (Å²) < 4.78 is 16.7. The van der Waals surface area contributed by atoms with E-state index in [2.05, 4.69) is 15.3 Å². The van der Waals surface area contributed by atoms with E-state index in [1.54, 1.807) is 23.0 Å². The van der Waals surface area contributed by atoms with Crippen molar-refractivity contribution in [3.63, 3.8) is 0 Å². The first-order chi connectivity index (χ1) is 12.2. The number of rotatable bonds is 5. The molecule has 4 rings (SSSR count). The number of aromatic nitrogens is 5. The molecule has 126 valence electrons. The van der Waals surface area contributed by atoms with Gasteiger partial charge in [-0.3, -0.25) is 0 Å². The lowest BCUT2D eigenvalue weighted by Gasteiger charge is -2.10. The number of nitrogens with zero attached hydrogens (tertiary/aromatic N) is 5. The molecule has 1 unspecified atom stereocenters. The van der Waals surface area contributed by atoms with Crippen LogP contribution in [0.3, 0.4) is 0 Å². The highest BCUT2D eigenvalue weighted by molar-refractivity contribution is 5.57. The van der Waals surface area contributed by atoms with E-state index in [-0.39, 0.29) is 12.4 Å². The van der Waals surface area contributed by atoms with Gasteiger partial charge in [0.05, 0.1) is 18.8 Å². The van der Waals surface area contributed by atoms with Gasteiger partial charge in [-0.25, -0.2) is 14.1 Å². The predicted molar refractivity (Wildman–Crippen MR) is 90.3 cm³/mol. The smallest absolute Gasteiger partial charge is 0.137 e. The summed E-state index contributed by atoms with van der Waals surface area (Å²) in [5.74, 6) is -0.306. The Balaban J connectivity index is 1.47. The molecule has 25 heavy (non-hydrogen) atoms. The van der Waals surface area contributed by atoms with Gasteiger partial charge in [0.25, 0.3) is 0 Å². The summed E-state index contributed by atoms with van der Waals surface area (Å²) in [6.07, 6.45) is 5.21. The Hall–Kier alpha value is -3.06. The van der Waals surface area contributed by atoms with Crippen molar-refractivity contribution in [2.24, 2.45) is 0 Å².